The van der Waals surface area contributed by atoms with Crippen molar-refractivity contribution in [1.29, 1.82) is 0 Å². The van der Waals surface area contributed by atoms with E-state index in [4.69, 9.17) is 16.3 Å². The van der Waals surface area contributed by atoms with Crippen LogP contribution in [-0.2, 0) is 9.53 Å². The summed E-state index contributed by atoms with van der Waals surface area (Å²) in [5.41, 5.74) is 0.987. The number of methoxy groups -OCH3 is 1. The van der Waals surface area contributed by atoms with Crippen molar-refractivity contribution >= 4 is 17.6 Å². The molecule has 0 spiro atoms. The average molecular weight is 267 g/mol. The summed E-state index contributed by atoms with van der Waals surface area (Å²) in [4.78, 5) is 12.1. The molecule has 1 fully saturated rings. The van der Waals surface area contributed by atoms with Gasteiger partial charge in [0.1, 0.15) is 0 Å². The molecule has 0 heterocycles. The normalized spacial score (nSPS) is 18.3. The molecule has 2 rings (SSSR count). The van der Waals surface area contributed by atoms with E-state index in [1.165, 1.54) is 26.4 Å². The first kappa shape index (κ1) is 13.4. The molecule has 0 aliphatic heterocycles. The van der Waals surface area contributed by atoms with Crippen LogP contribution in [0.4, 0.5) is 0 Å². The minimum atomic E-state index is -0.158. The Morgan fingerprint density at radius 1 is 1.33 bits per heavy atom. The Bertz CT molecular complexity index is 411. The SMILES string of the molecule is COC(=O)[C@@H](c1cccc(Cl)c1)C1CCCCC1. The molecule has 0 bridgehead atoms. The van der Waals surface area contributed by atoms with E-state index < -0.39 is 0 Å². The maximum atomic E-state index is 12.1. The molecule has 1 aliphatic carbocycles. The Balaban J connectivity index is 2.26. The van der Waals surface area contributed by atoms with E-state index in [1.54, 1.807) is 0 Å². The zero-order valence-electron chi connectivity index (χ0n) is 10.7. The summed E-state index contributed by atoms with van der Waals surface area (Å²) in [6, 6.07) is 7.59. The van der Waals surface area contributed by atoms with Gasteiger partial charge in [0, 0.05) is 5.02 Å². The summed E-state index contributed by atoms with van der Waals surface area (Å²) < 4.78 is 4.98. The van der Waals surface area contributed by atoms with Gasteiger partial charge < -0.3 is 4.74 Å². The number of ether oxygens (including phenoxy) is 1. The summed E-state index contributed by atoms with van der Waals surface area (Å²) in [5.74, 6) is 0.0998. The molecule has 0 radical (unpaired) electrons. The molecule has 1 saturated carbocycles. The highest BCUT2D eigenvalue weighted by molar-refractivity contribution is 6.30. The predicted octanol–water partition coefficient (Wildman–Crippen LogP) is 4.18. The Morgan fingerprint density at radius 3 is 2.67 bits per heavy atom. The lowest BCUT2D eigenvalue weighted by molar-refractivity contribution is -0.144. The first-order valence-electron chi connectivity index (χ1n) is 6.55. The monoisotopic (exact) mass is 266 g/mol. The fourth-order valence-electron chi connectivity index (χ4n) is 2.90. The van der Waals surface area contributed by atoms with E-state index in [0.29, 0.717) is 10.9 Å². The third-order valence-electron chi connectivity index (χ3n) is 3.78. The molecule has 2 nitrogen and oxygen atoms in total. The minimum absolute atomic E-state index is 0.135. The smallest absolute Gasteiger partial charge is 0.313 e. The number of rotatable bonds is 3. The maximum absolute atomic E-state index is 12.1. The van der Waals surface area contributed by atoms with E-state index in [1.807, 2.05) is 24.3 Å². The molecule has 0 amide bonds. The third-order valence-corrected chi connectivity index (χ3v) is 4.02. The van der Waals surface area contributed by atoms with Gasteiger partial charge in [-0.15, -0.1) is 0 Å². The second-order valence-electron chi connectivity index (χ2n) is 4.95. The molecular weight excluding hydrogens is 248 g/mol. The van der Waals surface area contributed by atoms with Gasteiger partial charge in [-0.3, -0.25) is 4.79 Å². The molecule has 0 saturated heterocycles. The van der Waals surface area contributed by atoms with Gasteiger partial charge in [-0.2, -0.15) is 0 Å². The van der Waals surface area contributed by atoms with E-state index in [9.17, 15) is 4.79 Å². The Morgan fingerprint density at radius 2 is 2.06 bits per heavy atom. The summed E-state index contributed by atoms with van der Waals surface area (Å²) in [6.45, 7) is 0. The molecule has 1 aromatic carbocycles. The molecule has 3 heteroatoms. The number of halogens is 1. The van der Waals surface area contributed by atoms with Gasteiger partial charge in [-0.1, -0.05) is 43.0 Å². The van der Waals surface area contributed by atoms with Crippen LogP contribution in [0.15, 0.2) is 24.3 Å². The van der Waals surface area contributed by atoms with Gasteiger partial charge in [-0.05, 0) is 36.5 Å². The molecule has 18 heavy (non-hydrogen) atoms. The van der Waals surface area contributed by atoms with E-state index in [0.717, 1.165) is 18.4 Å². The summed E-state index contributed by atoms with van der Waals surface area (Å²) in [5, 5.41) is 0.678. The van der Waals surface area contributed by atoms with Crippen molar-refractivity contribution in [2.45, 2.75) is 38.0 Å². The average Bonchev–Trinajstić information content (AvgIpc) is 2.40. The molecule has 1 aromatic rings. The van der Waals surface area contributed by atoms with Gasteiger partial charge >= 0.3 is 5.97 Å². The fraction of sp³-hybridized carbons (Fsp3) is 0.533. The van der Waals surface area contributed by atoms with Crippen LogP contribution in [0.2, 0.25) is 5.02 Å². The summed E-state index contributed by atoms with van der Waals surface area (Å²) in [7, 11) is 1.46. The molecule has 1 aliphatic rings. The van der Waals surface area contributed by atoms with Crippen molar-refractivity contribution in [3.63, 3.8) is 0 Å². The van der Waals surface area contributed by atoms with Crippen molar-refractivity contribution in [3.8, 4) is 0 Å². The van der Waals surface area contributed by atoms with Crippen LogP contribution in [0, 0.1) is 5.92 Å². The number of hydrogen-bond acceptors (Lipinski definition) is 2. The van der Waals surface area contributed by atoms with Gasteiger partial charge in [-0.25, -0.2) is 0 Å². The Labute approximate surface area is 113 Å². The quantitative estimate of drug-likeness (QED) is 0.768. The third kappa shape index (κ3) is 3.05. The van der Waals surface area contributed by atoms with E-state index in [2.05, 4.69) is 0 Å². The van der Waals surface area contributed by atoms with Crippen molar-refractivity contribution in [3.05, 3.63) is 34.9 Å². The van der Waals surface area contributed by atoms with Crippen molar-refractivity contribution in [1.82, 2.24) is 0 Å². The lowest BCUT2D eigenvalue weighted by atomic mass is 9.77. The van der Waals surface area contributed by atoms with Crippen molar-refractivity contribution in [2.75, 3.05) is 7.11 Å². The van der Waals surface area contributed by atoms with Crippen LogP contribution in [0.1, 0.15) is 43.6 Å². The van der Waals surface area contributed by atoms with Crippen LogP contribution in [0.25, 0.3) is 0 Å². The number of carbonyl (C=O) groups is 1. The molecule has 98 valence electrons. The second-order valence-corrected chi connectivity index (χ2v) is 5.39. The van der Waals surface area contributed by atoms with Gasteiger partial charge in [0.25, 0.3) is 0 Å². The topological polar surface area (TPSA) is 26.3 Å². The number of esters is 1. The Hall–Kier alpha value is -1.02. The molecule has 0 unspecified atom stereocenters. The highest BCUT2D eigenvalue weighted by atomic mass is 35.5. The largest absolute Gasteiger partial charge is 0.469 e. The molecule has 0 N–H and O–H groups in total. The second kappa shape index (κ2) is 6.24. The van der Waals surface area contributed by atoms with Gasteiger partial charge in [0.2, 0.25) is 0 Å². The Kier molecular flexibility index (Phi) is 4.65. The number of benzene rings is 1. The number of hydrogen-bond donors (Lipinski definition) is 0. The first-order valence-corrected chi connectivity index (χ1v) is 6.93. The summed E-state index contributed by atoms with van der Waals surface area (Å²) in [6.07, 6.45) is 5.90. The highest BCUT2D eigenvalue weighted by Gasteiger charge is 2.31. The zero-order valence-corrected chi connectivity index (χ0v) is 11.5. The highest BCUT2D eigenvalue weighted by Crippen LogP contribution is 2.37. The van der Waals surface area contributed by atoms with Crippen LogP contribution in [-0.4, -0.2) is 13.1 Å². The summed E-state index contributed by atoms with van der Waals surface area (Å²) >= 11 is 6.02. The predicted molar refractivity (Wildman–Crippen MR) is 72.8 cm³/mol. The van der Waals surface area contributed by atoms with E-state index in [-0.39, 0.29) is 11.9 Å². The first-order chi connectivity index (χ1) is 8.72. The molecular formula is C15H19ClO2. The van der Waals surface area contributed by atoms with E-state index >= 15 is 0 Å². The van der Waals surface area contributed by atoms with Crippen molar-refractivity contribution in [2.24, 2.45) is 5.92 Å². The van der Waals surface area contributed by atoms with Crippen molar-refractivity contribution < 1.29 is 9.53 Å². The van der Waals surface area contributed by atoms with Crippen LogP contribution < -0.4 is 0 Å². The molecule has 1 atom stereocenters. The van der Waals surface area contributed by atoms with Crippen LogP contribution in [0.3, 0.4) is 0 Å². The van der Waals surface area contributed by atoms with Crippen LogP contribution >= 0.6 is 11.6 Å². The lowest BCUT2D eigenvalue weighted by Gasteiger charge is -2.28. The number of carbonyl (C=O) groups excluding carboxylic acids is 1. The van der Waals surface area contributed by atoms with Crippen LogP contribution in [0.5, 0.6) is 0 Å². The maximum Gasteiger partial charge on any atom is 0.313 e. The van der Waals surface area contributed by atoms with Gasteiger partial charge in [0.05, 0.1) is 13.0 Å². The molecule has 0 aromatic heterocycles. The fourth-order valence-corrected chi connectivity index (χ4v) is 3.09. The van der Waals surface area contributed by atoms with Gasteiger partial charge in [0.15, 0.2) is 0 Å². The zero-order chi connectivity index (χ0) is 13.0. The lowest BCUT2D eigenvalue weighted by Crippen LogP contribution is -2.25. The minimum Gasteiger partial charge on any atom is -0.469 e. The standard InChI is InChI=1S/C15H19ClO2/c1-18-15(17)14(11-6-3-2-4-7-11)12-8-5-9-13(16)10-12/h5,8-11,14H,2-4,6-7H2,1H3/t14-/m1/s1.